The number of rotatable bonds is 1. The highest BCUT2D eigenvalue weighted by atomic mass is 32.2. The highest BCUT2D eigenvalue weighted by Crippen LogP contribution is 2.23. The Morgan fingerprint density at radius 3 is 3.45 bits per heavy atom. The molecule has 1 aromatic heterocycles. The molecule has 0 saturated heterocycles. The molecule has 1 aliphatic rings. The van der Waals surface area contributed by atoms with Gasteiger partial charge in [-0.2, -0.15) is 0 Å². The monoisotopic (exact) mass is 168 g/mol. The lowest BCUT2D eigenvalue weighted by Crippen LogP contribution is -2.09. The first-order valence-electron chi connectivity index (χ1n) is 3.55. The van der Waals surface area contributed by atoms with Crippen molar-refractivity contribution in [2.75, 3.05) is 5.75 Å². The largest absolute Gasteiger partial charge is 0.317 e. The van der Waals surface area contributed by atoms with Gasteiger partial charge in [-0.15, -0.1) is 0 Å². The minimum Gasteiger partial charge on any atom is -0.317 e. The molecule has 4 heteroatoms. The maximum absolute atomic E-state index is 10.5. The van der Waals surface area contributed by atoms with Gasteiger partial charge in [0.2, 0.25) is 0 Å². The van der Waals surface area contributed by atoms with Gasteiger partial charge >= 0.3 is 0 Å². The number of thioether (sulfide) groups is 1. The van der Waals surface area contributed by atoms with Crippen LogP contribution in [-0.2, 0) is 6.54 Å². The molecule has 3 nitrogen and oxygen atoms in total. The molecule has 1 aliphatic heterocycles. The van der Waals surface area contributed by atoms with Gasteiger partial charge in [-0.1, -0.05) is 11.8 Å². The highest BCUT2D eigenvalue weighted by molar-refractivity contribution is 7.99. The number of hydrogen-bond donors (Lipinski definition) is 0. The Labute approximate surface area is 68.8 Å². The molecule has 11 heavy (non-hydrogen) atoms. The van der Waals surface area contributed by atoms with Gasteiger partial charge in [-0.3, -0.25) is 4.79 Å². The molecule has 2 rings (SSSR count). The summed E-state index contributed by atoms with van der Waals surface area (Å²) in [6.45, 7) is 0.941. The van der Waals surface area contributed by atoms with E-state index in [-0.39, 0.29) is 0 Å². The van der Waals surface area contributed by atoms with Crippen LogP contribution >= 0.6 is 11.8 Å². The lowest BCUT2D eigenvalue weighted by atomic mass is 10.4. The molecule has 2 heterocycles. The zero-order valence-electron chi connectivity index (χ0n) is 5.99. The van der Waals surface area contributed by atoms with Crippen molar-refractivity contribution in [2.24, 2.45) is 0 Å². The molecule has 0 N–H and O–H groups in total. The first kappa shape index (κ1) is 6.91. The van der Waals surface area contributed by atoms with Gasteiger partial charge in [-0.05, 0) is 6.42 Å². The molecule has 0 atom stereocenters. The molecular weight excluding hydrogens is 160 g/mol. The number of imidazole rings is 1. The summed E-state index contributed by atoms with van der Waals surface area (Å²) in [6.07, 6.45) is 3.64. The van der Waals surface area contributed by atoms with E-state index in [1.165, 1.54) is 0 Å². The van der Waals surface area contributed by atoms with Crippen LogP contribution in [0.15, 0.2) is 11.4 Å². The third kappa shape index (κ3) is 1.07. The topological polar surface area (TPSA) is 34.9 Å². The molecule has 0 spiro atoms. The molecule has 0 bridgehead atoms. The first-order chi connectivity index (χ1) is 5.42. The maximum atomic E-state index is 10.5. The predicted octanol–water partition coefficient (Wildman–Crippen LogP) is 1.19. The van der Waals surface area contributed by atoms with Gasteiger partial charge in [0, 0.05) is 12.3 Å². The molecule has 0 amide bonds. The summed E-state index contributed by atoms with van der Waals surface area (Å²) < 4.78 is 1.97. The molecule has 0 radical (unpaired) electrons. The zero-order chi connectivity index (χ0) is 7.68. The maximum Gasteiger partial charge on any atom is 0.168 e. The van der Waals surface area contributed by atoms with E-state index < -0.39 is 0 Å². The average Bonchev–Trinajstić information content (AvgIpc) is 2.47. The smallest absolute Gasteiger partial charge is 0.168 e. The normalized spacial score (nSPS) is 16.0. The minimum atomic E-state index is 0.701. The van der Waals surface area contributed by atoms with E-state index in [9.17, 15) is 4.79 Å². The van der Waals surface area contributed by atoms with E-state index in [1.807, 2.05) is 4.57 Å². The predicted molar refractivity (Wildman–Crippen MR) is 43.0 cm³/mol. The third-order valence-corrected chi connectivity index (χ3v) is 2.80. The summed E-state index contributed by atoms with van der Waals surface area (Å²) in [4.78, 5) is 14.6. The van der Waals surface area contributed by atoms with E-state index in [2.05, 4.69) is 4.98 Å². The summed E-state index contributed by atoms with van der Waals surface area (Å²) in [7, 11) is 0. The van der Waals surface area contributed by atoms with E-state index >= 15 is 0 Å². The number of nitrogens with zero attached hydrogens (tertiary/aromatic N) is 2. The van der Waals surface area contributed by atoms with Crippen molar-refractivity contribution in [3.8, 4) is 0 Å². The number of carbonyl (C=O) groups is 1. The van der Waals surface area contributed by atoms with Gasteiger partial charge in [0.15, 0.2) is 11.4 Å². The Kier molecular flexibility index (Phi) is 1.69. The van der Waals surface area contributed by atoms with Crippen LogP contribution in [0, 0.1) is 0 Å². The Balaban J connectivity index is 2.45. The SMILES string of the molecule is O=Cc1cnc2n1CCCS2. The van der Waals surface area contributed by atoms with E-state index in [1.54, 1.807) is 18.0 Å². The average molecular weight is 168 g/mol. The van der Waals surface area contributed by atoms with Crippen molar-refractivity contribution >= 4 is 18.0 Å². The lowest BCUT2D eigenvalue weighted by Gasteiger charge is -2.13. The van der Waals surface area contributed by atoms with Crippen LogP contribution in [0.3, 0.4) is 0 Å². The molecule has 0 unspecified atom stereocenters. The zero-order valence-corrected chi connectivity index (χ0v) is 6.80. The van der Waals surface area contributed by atoms with Crippen molar-refractivity contribution < 1.29 is 4.79 Å². The number of hydrogen-bond acceptors (Lipinski definition) is 3. The van der Waals surface area contributed by atoms with Crippen molar-refractivity contribution in [2.45, 2.75) is 18.1 Å². The fourth-order valence-electron chi connectivity index (χ4n) is 1.19. The minimum absolute atomic E-state index is 0.701. The van der Waals surface area contributed by atoms with Crippen LogP contribution in [0.4, 0.5) is 0 Å². The standard InChI is InChI=1S/C7H8N2OS/c10-5-6-4-8-7-9(6)2-1-3-11-7/h4-5H,1-3H2. The van der Waals surface area contributed by atoms with Crippen LogP contribution in [0.1, 0.15) is 16.9 Å². The van der Waals surface area contributed by atoms with Gasteiger partial charge in [0.05, 0.1) is 6.20 Å². The van der Waals surface area contributed by atoms with Crippen molar-refractivity contribution in [1.82, 2.24) is 9.55 Å². The van der Waals surface area contributed by atoms with Crippen molar-refractivity contribution in [3.05, 3.63) is 11.9 Å². The van der Waals surface area contributed by atoms with Crippen molar-refractivity contribution in [3.63, 3.8) is 0 Å². The summed E-state index contributed by atoms with van der Waals surface area (Å²) in [5.41, 5.74) is 0.701. The van der Waals surface area contributed by atoms with Gasteiger partial charge in [0.25, 0.3) is 0 Å². The molecule has 0 fully saturated rings. The third-order valence-electron chi connectivity index (χ3n) is 1.73. The van der Waals surface area contributed by atoms with Crippen LogP contribution in [0.2, 0.25) is 0 Å². The second-order valence-corrected chi connectivity index (χ2v) is 3.50. The quantitative estimate of drug-likeness (QED) is 0.591. The Morgan fingerprint density at radius 2 is 2.64 bits per heavy atom. The van der Waals surface area contributed by atoms with E-state index in [4.69, 9.17) is 0 Å². The second kappa shape index (κ2) is 2.70. The van der Waals surface area contributed by atoms with Crippen LogP contribution in [-0.4, -0.2) is 21.6 Å². The summed E-state index contributed by atoms with van der Waals surface area (Å²) in [5, 5.41) is 0.985. The summed E-state index contributed by atoms with van der Waals surface area (Å²) in [5.74, 6) is 1.12. The number of carbonyl (C=O) groups excluding carboxylic acids is 1. The number of aromatic nitrogens is 2. The van der Waals surface area contributed by atoms with Crippen LogP contribution in [0.5, 0.6) is 0 Å². The van der Waals surface area contributed by atoms with Crippen LogP contribution in [0.25, 0.3) is 0 Å². The summed E-state index contributed by atoms with van der Waals surface area (Å²) >= 11 is 1.72. The molecule has 0 aromatic carbocycles. The molecule has 0 saturated carbocycles. The Bertz CT molecular complexity index is 282. The van der Waals surface area contributed by atoms with E-state index in [0.29, 0.717) is 5.69 Å². The second-order valence-electron chi connectivity index (χ2n) is 2.44. The lowest BCUT2D eigenvalue weighted by molar-refractivity contribution is 0.111. The van der Waals surface area contributed by atoms with Gasteiger partial charge in [0.1, 0.15) is 5.69 Å². The van der Waals surface area contributed by atoms with Gasteiger partial charge in [-0.25, -0.2) is 4.98 Å². The molecule has 0 aliphatic carbocycles. The number of fused-ring (bicyclic) bond motifs is 1. The fourth-order valence-corrected chi connectivity index (χ4v) is 2.13. The van der Waals surface area contributed by atoms with E-state index in [0.717, 1.165) is 30.2 Å². The Hall–Kier alpha value is -0.770. The Morgan fingerprint density at radius 1 is 1.73 bits per heavy atom. The van der Waals surface area contributed by atoms with Gasteiger partial charge < -0.3 is 4.57 Å². The van der Waals surface area contributed by atoms with Crippen LogP contribution < -0.4 is 0 Å². The first-order valence-corrected chi connectivity index (χ1v) is 4.54. The molecule has 1 aromatic rings. The molecule has 58 valence electrons. The summed E-state index contributed by atoms with van der Waals surface area (Å²) in [6, 6.07) is 0. The number of aldehydes is 1. The molecular formula is C7H8N2OS. The fraction of sp³-hybridized carbons (Fsp3) is 0.429. The highest BCUT2D eigenvalue weighted by Gasteiger charge is 2.13. The van der Waals surface area contributed by atoms with Crippen molar-refractivity contribution in [1.29, 1.82) is 0 Å².